The lowest BCUT2D eigenvalue weighted by atomic mass is 10.1. The Morgan fingerprint density at radius 3 is 2.64 bits per heavy atom. The topological polar surface area (TPSA) is 54.3 Å². The summed E-state index contributed by atoms with van der Waals surface area (Å²) in [5.41, 5.74) is 0. The Bertz CT molecular complexity index is 642. The van der Waals surface area contributed by atoms with Crippen molar-refractivity contribution in [1.82, 2.24) is 10.6 Å². The third-order valence-electron chi connectivity index (χ3n) is 3.24. The fourth-order valence-electron chi connectivity index (χ4n) is 2.16. The number of nitrogens with one attached hydrogen (secondary N) is 2. The summed E-state index contributed by atoms with van der Waals surface area (Å²) < 4.78 is 5.51. The van der Waals surface area contributed by atoms with Gasteiger partial charge in [0.15, 0.2) is 0 Å². The lowest BCUT2D eigenvalue weighted by Crippen LogP contribution is -2.37. The number of furan rings is 1. The fourth-order valence-corrected chi connectivity index (χ4v) is 3.64. The molecule has 2 amide bonds. The first-order chi connectivity index (χ1) is 10.8. The van der Waals surface area contributed by atoms with E-state index in [1.807, 2.05) is 41.1 Å². The minimum Gasteiger partial charge on any atom is -0.469 e. The molecule has 22 heavy (non-hydrogen) atoms. The Hall–Kier alpha value is -2.05. The molecular weight excluding hydrogens is 316 g/mol. The molecule has 4 nitrogen and oxygen atoms in total. The van der Waals surface area contributed by atoms with Gasteiger partial charge < -0.3 is 15.1 Å². The zero-order valence-electron chi connectivity index (χ0n) is 11.8. The highest BCUT2D eigenvalue weighted by atomic mass is 32.1. The van der Waals surface area contributed by atoms with Gasteiger partial charge in [-0.2, -0.15) is 0 Å². The average molecular weight is 332 g/mol. The summed E-state index contributed by atoms with van der Waals surface area (Å²) in [5.74, 6) is 0.906. The third kappa shape index (κ3) is 3.78. The maximum atomic E-state index is 11.9. The van der Waals surface area contributed by atoms with E-state index in [2.05, 4.69) is 16.7 Å². The normalized spacial score (nSPS) is 12.0. The molecular formula is C16H16N2O2S2. The van der Waals surface area contributed by atoms with Crippen LogP contribution in [0, 0.1) is 0 Å². The van der Waals surface area contributed by atoms with Crippen LogP contribution in [0.1, 0.15) is 21.4 Å². The van der Waals surface area contributed by atoms with E-state index >= 15 is 0 Å². The van der Waals surface area contributed by atoms with Gasteiger partial charge in [-0.1, -0.05) is 12.1 Å². The van der Waals surface area contributed by atoms with Gasteiger partial charge in [0.1, 0.15) is 5.76 Å². The van der Waals surface area contributed by atoms with E-state index in [9.17, 15) is 4.79 Å². The van der Waals surface area contributed by atoms with Crippen molar-refractivity contribution in [2.45, 2.75) is 12.5 Å². The Morgan fingerprint density at radius 2 is 1.95 bits per heavy atom. The molecule has 0 aliphatic rings. The van der Waals surface area contributed by atoms with E-state index in [4.69, 9.17) is 4.42 Å². The van der Waals surface area contributed by atoms with Crippen LogP contribution in [0.25, 0.3) is 0 Å². The van der Waals surface area contributed by atoms with E-state index in [1.54, 1.807) is 28.9 Å². The van der Waals surface area contributed by atoms with Crippen molar-refractivity contribution in [3.05, 3.63) is 68.9 Å². The van der Waals surface area contributed by atoms with Crippen LogP contribution in [0.3, 0.4) is 0 Å². The summed E-state index contributed by atoms with van der Waals surface area (Å²) in [5, 5.41) is 9.82. The molecule has 0 spiro atoms. The Morgan fingerprint density at radius 1 is 1.09 bits per heavy atom. The SMILES string of the molecule is O=C(NCc1cccs1)NCC(c1ccco1)c1cccs1. The van der Waals surface area contributed by atoms with Crippen LogP contribution in [0.2, 0.25) is 0 Å². The summed E-state index contributed by atoms with van der Waals surface area (Å²) in [6.07, 6.45) is 1.66. The smallest absolute Gasteiger partial charge is 0.315 e. The summed E-state index contributed by atoms with van der Waals surface area (Å²) in [4.78, 5) is 14.2. The Labute approximate surface area is 136 Å². The van der Waals surface area contributed by atoms with E-state index in [-0.39, 0.29) is 11.9 Å². The first kappa shape index (κ1) is 14.9. The predicted molar refractivity (Wildman–Crippen MR) is 89.4 cm³/mol. The molecule has 0 radical (unpaired) electrons. The Kier molecular flexibility index (Phi) is 4.92. The molecule has 3 aromatic heterocycles. The summed E-state index contributed by atoms with van der Waals surface area (Å²) in [6, 6.07) is 11.7. The molecule has 0 aliphatic heterocycles. The van der Waals surface area contributed by atoms with E-state index in [1.165, 1.54) is 4.88 Å². The van der Waals surface area contributed by atoms with Crippen LogP contribution >= 0.6 is 22.7 Å². The number of hydrogen-bond donors (Lipinski definition) is 2. The number of urea groups is 1. The maximum Gasteiger partial charge on any atom is 0.315 e. The quantitative estimate of drug-likeness (QED) is 0.716. The molecule has 6 heteroatoms. The molecule has 0 aromatic carbocycles. The van der Waals surface area contributed by atoms with Gasteiger partial charge in [0.25, 0.3) is 0 Å². The lowest BCUT2D eigenvalue weighted by Gasteiger charge is -2.14. The first-order valence-corrected chi connectivity index (χ1v) is 8.70. The monoisotopic (exact) mass is 332 g/mol. The summed E-state index contributed by atoms with van der Waals surface area (Å²) >= 11 is 3.29. The third-order valence-corrected chi connectivity index (χ3v) is 5.11. The molecule has 1 atom stereocenters. The number of rotatable bonds is 6. The highest BCUT2D eigenvalue weighted by molar-refractivity contribution is 7.10. The van der Waals surface area contributed by atoms with Gasteiger partial charge in [-0.05, 0) is 35.0 Å². The van der Waals surface area contributed by atoms with Crippen molar-refractivity contribution < 1.29 is 9.21 Å². The molecule has 0 saturated heterocycles. The average Bonchev–Trinajstić information content (AvgIpc) is 3.27. The van der Waals surface area contributed by atoms with Crippen molar-refractivity contribution in [2.24, 2.45) is 0 Å². The van der Waals surface area contributed by atoms with E-state index in [0.29, 0.717) is 13.1 Å². The lowest BCUT2D eigenvalue weighted by molar-refractivity contribution is 0.240. The highest BCUT2D eigenvalue weighted by Gasteiger charge is 2.18. The molecule has 3 rings (SSSR count). The van der Waals surface area contributed by atoms with Crippen molar-refractivity contribution in [2.75, 3.05) is 6.54 Å². The predicted octanol–water partition coefficient (Wildman–Crippen LogP) is 4.03. The van der Waals surface area contributed by atoms with Gasteiger partial charge >= 0.3 is 6.03 Å². The van der Waals surface area contributed by atoms with Crippen molar-refractivity contribution >= 4 is 28.7 Å². The molecule has 0 bridgehead atoms. The van der Waals surface area contributed by atoms with Gasteiger partial charge in [-0.25, -0.2) is 4.79 Å². The van der Waals surface area contributed by atoms with Crippen LogP contribution in [-0.2, 0) is 6.54 Å². The molecule has 0 saturated carbocycles. The molecule has 3 heterocycles. The minimum absolute atomic E-state index is 0.0440. The Balaban J connectivity index is 1.56. The standard InChI is InChI=1S/C16H16N2O2S2/c19-16(17-10-12-4-2-8-21-12)18-11-13(14-5-1-7-20-14)15-6-3-9-22-15/h1-9,13H,10-11H2,(H2,17,18,19). The highest BCUT2D eigenvalue weighted by Crippen LogP contribution is 2.28. The van der Waals surface area contributed by atoms with Crippen LogP contribution in [-0.4, -0.2) is 12.6 Å². The summed E-state index contributed by atoms with van der Waals surface area (Å²) in [7, 11) is 0. The van der Waals surface area contributed by atoms with Crippen LogP contribution in [0.4, 0.5) is 4.79 Å². The zero-order valence-corrected chi connectivity index (χ0v) is 13.5. The first-order valence-electron chi connectivity index (χ1n) is 6.94. The molecule has 0 aliphatic carbocycles. The second-order valence-corrected chi connectivity index (χ2v) is 6.74. The van der Waals surface area contributed by atoms with Gasteiger partial charge in [0.05, 0.1) is 18.7 Å². The largest absolute Gasteiger partial charge is 0.469 e. The number of amides is 2. The molecule has 0 fully saturated rings. The zero-order chi connectivity index (χ0) is 15.2. The van der Waals surface area contributed by atoms with Crippen molar-refractivity contribution in [3.63, 3.8) is 0 Å². The maximum absolute atomic E-state index is 11.9. The second kappa shape index (κ2) is 7.29. The van der Waals surface area contributed by atoms with Gasteiger partial charge in [-0.3, -0.25) is 0 Å². The van der Waals surface area contributed by atoms with Crippen molar-refractivity contribution in [1.29, 1.82) is 0 Å². The van der Waals surface area contributed by atoms with Gasteiger partial charge in [-0.15, -0.1) is 22.7 Å². The fraction of sp³-hybridized carbons (Fsp3) is 0.188. The van der Waals surface area contributed by atoms with Gasteiger partial charge in [0.2, 0.25) is 0 Å². The number of carbonyl (C=O) groups is 1. The summed E-state index contributed by atoms with van der Waals surface area (Å²) in [6.45, 7) is 1.05. The molecule has 2 N–H and O–H groups in total. The molecule has 1 unspecified atom stereocenters. The number of thiophene rings is 2. The number of carbonyl (C=O) groups excluding carboxylic acids is 1. The van der Waals surface area contributed by atoms with Crippen LogP contribution in [0.5, 0.6) is 0 Å². The van der Waals surface area contributed by atoms with E-state index in [0.717, 1.165) is 10.6 Å². The van der Waals surface area contributed by atoms with E-state index < -0.39 is 0 Å². The van der Waals surface area contributed by atoms with Crippen LogP contribution in [0.15, 0.2) is 57.8 Å². The molecule has 3 aromatic rings. The van der Waals surface area contributed by atoms with Gasteiger partial charge in [0, 0.05) is 16.3 Å². The van der Waals surface area contributed by atoms with Crippen LogP contribution < -0.4 is 10.6 Å². The second-order valence-electron chi connectivity index (χ2n) is 4.73. The molecule has 114 valence electrons. The van der Waals surface area contributed by atoms with Crippen molar-refractivity contribution in [3.8, 4) is 0 Å². The number of hydrogen-bond acceptors (Lipinski definition) is 4. The minimum atomic E-state index is -0.165.